The number of ether oxygens (including phenoxy) is 1. The maximum absolute atomic E-state index is 12.8. The molecule has 0 aliphatic heterocycles. The summed E-state index contributed by atoms with van der Waals surface area (Å²) in [5, 5.41) is 16.9. The van der Waals surface area contributed by atoms with Gasteiger partial charge in [0.2, 0.25) is 11.8 Å². The molecule has 0 heterocycles. The molecule has 0 radical (unpaired) electrons. The molecule has 3 atom stereocenters. The second-order valence-electron chi connectivity index (χ2n) is 7.71. The fraction of sp³-hybridized carbons (Fsp3) is 0.360. The van der Waals surface area contributed by atoms with E-state index in [1.54, 1.807) is 31.2 Å². The van der Waals surface area contributed by atoms with Crippen molar-refractivity contribution in [1.82, 2.24) is 16.0 Å². The van der Waals surface area contributed by atoms with Gasteiger partial charge in [-0.25, -0.2) is 4.79 Å². The Kier molecular flexibility index (Phi) is 10.6. The van der Waals surface area contributed by atoms with E-state index in [0.29, 0.717) is 6.42 Å². The van der Waals surface area contributed by atoms with Crippen LogP contribution in [0.15, 0.2) is 60.7 Å². The van der Waals surface area contributed by atoms with Crippen molar-refractivity contribution in [2.45, 2.75) is 57.8 Å². The van der Waals surface area contributed by atoms with Gasteiger partial charge >= 0.3 is 12.1 Å². The van der Waals surface area contributed by atoms with Gasteiger partial charge in [0.05, 0.1) is 12.5 Å². The van der Waals surface area contributed by atoms with Gasteiger partial charge in [0, 0.05) is 0 Å². The first-order chi connectivity index (χ1) is 16.3. The summed E-state index contributed by atoms with van der Waals surface area (Å²) in [5.41, 5.74) is 1.68. The predicted molar refractivity (Wildman–Crippen MR) is 126 cm³/mol. The summed E-state index contributed by atoms with van der Waals surface area (Å²) in [5.74, 6) is -2.46. The third-order valence-corrected chi connectivity index (χ3v) is 5.17. The van der Waals surface area contributed by atoms with Crippen LogP contribution in [0.3, 0.4) is 0 Å². The minimum Gasteiger partial charge on any atom is -0.481 e. The van der Waals surface area contributed by atoms with Crippen molar-refractivity contribution >= 4 is 23.9 Å². The smallest absolute Gasteiger partial charge is 0.408 e. The molecule has 2 aromatic rings. The molecule has 3 amide bonds. The number of hydrogen-bond donors (Lipinski definition) is 4. The van der Waals surface area contributed by atoms with Crippen LogP contribution < -0.4 is 16.0 Å². The Morgan fingerprint density at radius 2 is 1.38 bits per heavy atom. The van der Waals surface area contributed by atoms with Crippen LogP contribution in [0.5, 0.6) is 0 Å². The monoisotopic (exact) mass is 469 g/mol. The average Bonchev–Trinajstić information content (AvgIpc) is 2.84. The number of benzene rings is 2. The lowest BCUT2D eigenvalue weighted by Gasteiger charge is -2.24. The third-order valence-electron chi connectivity index (χ3n) is 5.17. The second kappa shape index (κ2) is 13.6. The van der Waals surface area contributed by atoms with Gasteiger partial charge in [-0.2, -0.15) is 0 Å². The van der Waals surface area contributed by atoms with Gasteiger partial charge in [-0.3, -0.25) is 14.4 Å². The van der Waals surface area contributed by atoms with Crippen LogP contribution in [0.2, 0.25) is 0 Å². The van der Waals surface area contributed by atoms with E-state index in [1.165, 1.54) is 0 Å². The van der Waals surface area contributed by atoms with E-state index in [9.17, 15) is 24.3 Å². The summed E-state index contributed by atoms with van der Waals surface area (Å²) in [6.07, 6.45) is -0.665. The fourth-order valence-electron chi connectivity index (χ4n) is 3.30. The van der Waals surface area contributed by atoms with Gasteiger partial charge < -0.3 is 25.8 Å². The number of carbonyl (C=O) groups excluding carboxylic acids is 3. The normalized spacial score (nSPS) is 13.1. The number of aliphatic carboxylic acids is 1. The molecule has 0 fully saturated rings. The highest BCUT2D eigenvalue weighted by molar-refractivity contribution is 5.93. The van der Waals surface area contributed by atoms with E-state index in [2.05, 4.69) is 16.0 Å². The van der Waals surface area contributed by atoms with Crippen LogP contribution in [0, 0.1) is 0 Å². The van der Waals surface area contributed by atoms with Gasteiger partial charge in [0.25, 0.3) is 0 Å². The first-order valence-corrected chi connectivity index (χ1v) is 11.2. The Balaban J connectivity index is 1.98. The Bertz CT molecular complexity index is 952. The maximum atomic E-state index is 12.8. The van der Waals surface area contributed by atoms with Crippen molar-refractivity contribution in [1.29, 1.82) is 0 Å². The Morgan fingerprint density at radius 1 is 0.794 bits per heavy atom. The van der Waals surface area contributed by atoms with Crippen molar-refractivity contribution in [2.24, 2.45) is 0 Å². The van der Waals surface area contributed by atoms with Crippen LogP contribution in [-0.2, 0) is 25.7 Å². The highest BCUT2D eigenvalue weighted by atomic mass is 16.5. The van der Waals surface area contributed by atoms with Gasteiger partial charge in [-0.15, -0.1) is 0 Å². The lowest BCUT2D eigenvalue weighted by Crippen LogP contribution is -2.54. The topological polar surface area (TPSA) is 134 Å². The number of carboxylic acids is 1. The largest absolute Gasteiger partial charge is 0.481 e. The lowest BCUT2D eigenvalue weighted by molar-refractivity contribution is -0.140. The highest BCUT2D eigenvalue weighted by Crippen LogP contribution is 2.16. The molecule has 0 aliphatic rings. The average molecular weight is 470 g/mol. The Labute approximate surface area is 198 Å². The Hall–Kier alpha value is -3.88. The molecule has 2 aromatic carbocycles. The zero-order valence-electron chi connectivity index (χ0n) is 19.3. The summed E-state index contributed by atoms with van der Waals surface area (Å²) >= 11 is 0. The molecule has 0 aliphatic carbocycles. The highest BCUT2D eigenvalue weighted by Gasteiger charge is 2.29. The minimum absolute atomic E-state index is 0.0357. The zero-order chi connectivity index (χ0) is 24.9. The fourth-order valence-corrected chi connectivity index (χ4v) is 3.30. The molecule has 34 heavy (non-hydrogen) atoms. The van der Waals surface area contributed by atoms with Crippen molar-refractivity contribution in [2.75, 3.05) is 0 Å². The second-order valence-corrected chi connectivity index (χ2v) is 7.71. The van der Waals surface area contributed by atoms with E-state index in [4.69, 9.17) is 4.74 Å². The van der Waals surface area contributed by atoms with Gasteiger partial charge in [-0.1, -0.05) is 74.5 Å². The minimum atomic E-state index is -1.40. The molecule has 0 aromatic heterocycles. The van der Waals surface area contributed by atoms with E-state index in [-0.39, 0.29) is 19.1 Å². The SMILES string of the molecule is CCC(NC(=O)[C@H](CC)NC(=O)[C@H](CC(=O)O)NC(=O)OCc1ccccc1)c1ccccc1. The van der Waals surface area contributed by atoms with Crippen molar-refractivity contribution in [3.05, 3.63) is 71.8 Å². The first-order valence-electron chi connectivity index (χ1n) is 11.2. The Morgan fingerprint density at radius 3 is 1.94 bits per heavy atom. The van der Waals surface area contributed by atoms with Gasteiger partial charge in [0.1, 0.15) is 18.7 Å². The van der Waals surface area contributed by atoms with Crippen molar-refractivity contribution < 1.29 is 29.0 Å². The molecular formula is C25H31N3O6. The summed E-state index contributed by atoms with van der Waals surface area (Å²) in [6.45, 7) is 3.62. The summed E-state index contributed by atoms with van der Waals surface area (Å²) < 4.78 is 5.08. The standard InChI is InChI=1S/C25H31N3O6/c1-3-19(18-13-9-6-10-14-18)26-23(31)20(4-2)27-24(32)21(15-22(29)30)28-25(33)34-16-17-11-7-5-8-12-17/h5-14,19-21H,3-4,15-16H2,1-2H3,(H,26,31)(H,27,32)(H,28,33)(H,29,30)/t19?,20-,21-/m0/s1. The molecule has 4 N–H and O–H groups in total. The maximum Gasteiger partial charge on any atom is 0.408 e. The molecule has 9 heteroatoms. The third kappa shape index (κ3) is 8.57. The van der Waals surface area contributed by atoms with Gasteiger partial charge in [-0.05, 0) is 24.0 Å². The molecule has 0 bridgehead atoms. The molecule has 9 nitrogen and oxygen atoms in total. The van der Waals surface area contributed by atoms with Crippen LogP contribution >= 0.6 is 0 Å². The van der Waals surface area contributed by atoms with E-state index in [0.717, 1.165) is 11.1 Å². The van der Waals surface area contributed by atoms with Crippen LogP contribution in [0.25, 0.3) is 0 Å². The van der Waals surface area contributed by atoms with Crippen LogP contribution in [0.4, 0.5) is 4.79 Å². The number of carbonyl (C=O) groups is 4. The summed E-state index contributed by atoms with van der Waals surface area (Å²) in [4.78, 5) is 49.0. The molecule has 0 saturated carbocycles. The number of hydrogen-bond acceptors (Lipinski definition) is 5. The van der Waals surface area contributed by atoms with Crippen LogP contribution in [0.1, 0.15) is 50.3 Å². The molecule has 182 valence electrons. The van der Waals surface area contributed by atoms with E-state index in [1.807, 2.05) is 43.3 Å². The number of rotatable bonds is 12. The van der Waals surface area contributed by atoms with E-state index < -0.39 is 42.4 Å². The van der Waals surface area contributed by atoms with Crippen molar-refractivity contribution in [3.63, 3.8) is 0 Å². The number of alkyl carbamates (subject to hydrolysis) is 1. The molecule has 0 spiro atoms. The summed E-state index contributed by atoms with van der Waals surface area (Å²) in [7, 11) is 0. The number of carboxylic acid groups (broad SMARTS) is 1. The molecule has 2 rings (SSSR count). The van der Waals surface area contributed by atoms with Gasteiger partial charge in [0.15, 0.2) is 0 Å². The quantitative estimate of drug-likeness (QED) is 0.378. The lowest BCUT2D eigenvalue weighted by atomic mass is 10.0. The molecule has 0 saturated heterocycles. The van der Waals surface area contributed by atoms with E-state index >= 15 is 0 Å². The summed E-state index contributed by atoms with van der Waals surface area (Å²) in [6, 6.07) is 15.8. The molecule has 1 unspecified atom stereocenters. The van der Waals surface area contributed by atoms with Crippen LogP contribution in [-0.4, -0.2) is 41.1 Å². The first kappa shape index (κ1) is 26.4. The van der Waals surface area contributed by atoms with Crippen molar-refractivity contribution in [3.8, 4) is 0 Å². The molecular weight excluding hydrogens is 438 g/mol. The number of nitrogens with one attached hydrogen (secondary N) is 3. The predicted octanol–water partition coefficient (Wildman–Crippen LogP) is 2.92. The number of amides is 3. The zero-order valence-corrected chi connectivity index (χ0v) is 19.3.